The molecule has 0 rings (SSSR count). The maximum absolute atomic E-state index is 11.1. The lowest BCUT2D eigenvalue weighted by Gasteiger charge is -2.26. The van der Waals surface area contributed by atoms with Crippen molar-refractivity contribution >= 4 is 5.91 Å². The molecule has 19 heavy (non-hydrogen) atoms. The normalized spacial score (nSPS) is 14.9. The van der Waals surface area contributed by atoms with Crippen molar-refractivity contribution in [2.45, 2.75) is 65.3 Å². The van der Waals surface area contributed by atoms with Crippen molar-refractivity contribution in [2.24, 2.45) is 17.4 Å². The summed E-state index contributed by atoms with van der Waals surface area (Å²) in [5.74, 6) is 0.391. The minimum absolute atomic E-state index is 0.406. The molecule has 4 heteroatoms. The summed E-state index contributed by atoms with van der Waals surface area (Å²) in [6, 6.07) is 0. The van der Waals surface area contributed by atoms with Crippen molar-refractivity contribution in [1.82, 2.24) is 4.90 Å². The van der Waals surface area contributed by atoms with Crippen molar-refractivity contribution in [3.05, 3.63) is 0 Å². The third-order valence-corrected chi connectivity index (χ3v) is 4.10. The lowest BCUT2D eigenvalue weighted by molar-refractivity contribution is -0.122. The molecule has 0 saturated carbocycles. The maximum Gasteiger partial charge on any atom is 0.237 e. The maximum atomic E-state index is 11.1. The van der Waals surface area contributed by atoms with Crippen LogP contribution in [0.25, 0.3) is 0 Å². The summed E-state index contributed by atoms with van der Waals surface area (Å²) in [7, 11) is 0. The fourth-order valence-electron chi connectivity index (χ4n) is 2.24. The Morgan fingerprint density at radius 1 is 1.21 bits per heavy atom. The van der Waals surface area contributed by atoms with Crippen LogP contribution in [0.15, 0.2) is 0 Å². The highest BCUT2D eigenvalue weighted by molar-refractivity contribution is 5.83. The van der Waals surface area contributed by atoms with Crippen LogP contribution in [0.1, 0.15) is 59.8 Å². The average molecular weight is 271 g/mol. The van der Waals surface area contributed by atoms with Gasteiger partial charge in [-0.1, -0.05) is 33.6 Å². The molecule has 0 aliphatic carbocycles. The largest absolute Gasteiger partial charge is 0.368 e. The molecule has 0 heterocycles. The van der Waals surface area contributed by atoms with Crippen molar-refractivity contribution in [3.63, 3.8) is 0 Å². The molecule has 0 fully saturated rings. The Kier molecular flexibility index (Phi) is 9.02. The van der Waals surface area contributed by atoms with E-state index in [1.807, 2.05) is 0 Å². The van der Waals surface area contributed by atoms with E-state index in [2.05, 4.69) is 25.7 Å². The quantitative estimate of drug-likeness (QED) is 0.565. The Labute approximate surface area is 118 Å². The SMILES string of the molecule is CCC(CC)CN(CC)CCCCC(C)(N)C(N)=O. The van der Waals surface area contributed by atoms with Crippen LogP contribution in [0.2, 0.25) is 0 Å². The van der Waals surface area contributed by atoms with Crippen molar-refractivity contribution in [3.8, 4) is 0 Å². The van der Waals surface area contributed by atoms with Crippen molar-refractivity contribution in [1.29, 1.82) is 0 Å². The molecular weight excluding hydrogens is 238 g/mol. The first-order valence-electron chi connectivity index (χ1n) is 7.68. The second-order valence-corrected chi connectivity index (χ2v) is 5.81. The average Bonchev–Trinajstić information content (AvgIpc) is 2.38. The van der Waals surface area contributed by atoms with Gasteiger partial charge in [0.2, 0.25) is 5.91 Å². The Hall–Kier alpha value is -0.610. The smallest absolute Gasteiger partial charge is 0.237 e. The number of unbranched alkanes of at least 4 members (excludes halogenated alkanes) is 1. The van der Waals surface area contributed by atoms with Gasteiger partial charge in [-0.2, -0.15) is 0 Å². The summed E-state index contributed by atoms with van der Waals surface area (Å²) in [6.45, 7) is 11.8. The van der Waals surface area contributed by atoms with Crippen LogP contribution in [0.3, 0.4) is 0 Å². The highest BCUT2D eigenvalue weighted by atomic mass is 16.1. The number of carbonyl (C=O) groups is 1. The summed E-state index contributed by atoms with van der Waals surface area (Å²) in [4.78, 5) is 13.6. The number of nitrogens with zero attached hydrogens (tertiary/aromatic N) is 1. The van der Waals surface area contributed by atoms with Gasteiger partial charge >= 0.3 is 0 Å². The van der Waals surface area contributed by atoms with Crippen LogP contribution in [0.4, 0.5) is 0 Å². The molecule has 1 unspecified atom stereocenters. The van der Waals surface area contributed by atoms with E-state index in [4.69, 9.17) is 11.5 Å². The third kappa shape index (κ3) is 7.53. The van der Waals surface area contributed by atoms with E-state index in [1.165, 1.54) is 19.4 Å². The molecule has 0 aromatic heterocycles. The van der Waals surface area contributed by atoms with E-state index in [1.54, 1.807) is 6.92 Å². The van der Waals surface area contributed by atoms with E-state index < -0.39 is 11.4 Å². The van der Waals surface area contributed by atoms with Gasteiger partial charge in [0.15, 0.2) is 0 Å². The molecule has 0 radical (unpaired) electrons. The number of hydrogen-bond acceptors (Lipinski definition) is 3. The topological polar surface area (TPSA) is 72.3 Å². The fraction of sp³-hybridized carbons (Fsp3) is 0.933. The fourth-order valence-corrected chi connectivity index (χ4v) is 2.24. The van der Waals surface area contributed by atoms with E-state index in [-0.39, 0.29) is 0 Å². The lowest BCUT2D eigenvalue weighted by Crippen LogP contribution is -2.49. The van der Waals surface area contributed by atoms with Crippen LogP contribution in [0.5, 0.6) is 0 Å². The molecule has 0 saturated heterocycles. The first-order chi connectivity index (χ1) is 8.87. The molecule has 4 nitrogen and oxygen atoms in total. The zero-order chi connectivity index (χ0) is 14.9. The van der Waals surface area contributed by atoms with E-state index in [0.29, 0.717) is 6.42 Å². The van der Waals surface area contributed by atoms with Crippen LogP contribution in [-0.4, -0.2) is 36.0 Å². The van der Waals surface area contributed by atoms with Gasteiger partial charge in [-0.15, -0.1) is 0 Å². The first kappa shape index (κ1) is 18.4. The number of amides is 1. The second-order valence-electron chi connectivity index (χ2n) is 5.81. The predicted octanol–water partition coefficient (Wildman–Crippen LogP) is 2.12. The van der Waals surface area contributed by atoms with Gasteiger partial charge in [-0.3, -0.25) is 4.79 Å². The molecule has 0 spiro atoms. The Balaban J connectivity index is 3.93. The molecule has 0 aromatic rings. The highest BCUT2D eigenvalue weighted by Gasteiger charge is 2.24. The zero-order valence-electron chi connectivity index (χ0n) is 13.2. The predicted molar refractivity (Wildman–Crippen MR) is 81.8 cm³/mol. The molecule has 1 atom stereocenters. The first-order valence-corrected chi connectivity index (χ1v) is 7.68. The van der Waals surface area contributed by atoms with E-state index >= 15 is 0 Å². The van der Waals surface area contributed by atoms with Gasteiger partial charge in [-0.05, 0) is 45.2 Å². The molecule has 4 N–H and O–H groups in total. The van der Waals surface area contributed by atoms with Gasteiger partial charge in [-0.25, -0.2) is 0 Å². The Morgan fingerprint density at radius 2 is 1.79 bits per heavy atom. The number of primary amides is 1. The van der Waals surface area contributed by atoms with E-state index in [0.717, 1.165) is 31.8 Å². The number of carbonyl (C=O) groups excluding carboxylic acids is 1. The van der Waals surface area contributed by atoms with Crippen LogP contribution < -0.4 is 11.5 Å². The van der Waals surface area contributed by atoms with Gasteiger partial charge in [0.25, 0.3) is 0 Å². The number of rotatable bonds is 11. The van der Waals surface area contributed by atoms with E-state index in [9.17, 15) is 4.79 Å². The summed E-state index contributed by atoms with van der Waals surface area (Å²) >= 11 is 0. The molecule has 114 valence electrons. The second kappa shape index (κ2) is 9.32. The molecular formula is C15H33N3O. The van der Waals surface area contributed by atoms with Gasteiger partial charge in [0, 0.05) is 6.54 Å². The third-order valence-electron chi connectivity index (χ3n) is 4.10. The molecule has 1 amide bonds. The lowest BCUT2D eigenvalue weighted by atomic mass is 9.95. The van der Waals surface area contributed by atoms with Crippen LogP contribution in [-0.2, 0) is 4.79 Å². The minimum Gasteiger partial charge on any atom is -0.368 e. The van der Waals surface area contributed by atoms with Crippen LogP contribution in [0, 0.1) is 5.92 Å². The summed E-state index contributed by atoms with van der Waals surface area (Å²) in [6.07, 6.45) is 5.19. The number of hydrogen-bond donors (Lipinski definition) is 2. The minimum atomic E-state index is -0.855. The van der Waals surface area contributed by atoms with Gasteiger partial charge in [0.05, 0.1) is 5.54 Å². The standard InChI is InChI=1S/C15H33N3O/c1-5-13(6-2)12-18(7-3)11-9-8-10-15(4,17)14(16)19/h13H,5-12,17H2,1-4H3,(H2,16,19). The summed E-state index contributed by atoms with van der Waals surface area (Å²) < 4.78 is 0. The Morgan fingerprint density at radius 3 is 2.21 bits per heavy atom. The number of nitrogens with two attached hydrogens (primary N) is 2. The zero-order valence-corrected chi connectivity index (χ0v) is 13.2. The molecule has 0 aliphatic heterocycles. The van der Waals surface area contributed by atoms with Gasteiger partial charge in [0.1, 0.15) is 0 Å². The monoisotopic (exact) mass is 271 g/mol. The highest BCUT2D eigenvalue weighted by Crippen LogP contribution is 2.13. The molecule has 0 bridgehead atoms. The summed E-state index contributed by atoms with van der Waals surface area (Å²) in [5, 5.41) is 0. The van der Waals surface area contributed by atoms with Crippen LogP contribution >= 0.6 is 0 Å². The Bertz CT molecular complexity index is 250. The molecule has 0 aliphatic rings. The van der Waals surface area contributed by atoms with Crippen molar-refractivity contribution < 1.29 is 4.79 Å². The van der Waals surface area contributed by atoms with Gasteiger partial charge < -0.3 is 16.4 Å². The van der Waals surface area contributed by atoms with Crippen molar-refractivity contribution in [2.75, 3.05) is 19.6 Å². The molecule has 0 aromatic carbocycles. The summed E-state index contributed by atoms with van der Waals surface area (Å²) in [5.41, 5.74) is 10.3.